The summed E-state index contributed by atoms with van der Waals surface area (Å²) in [7, 11) is 2.12. The van der Waals surface area contributed by atoms with E-state index in [9.17, 15) is 9.59 Å². The Morgan fingerprint density at radius 1 is 0.927 bits per heavy atom. The number of likely N-dealkylation sites (N-methyl/N-ethyl adjacent to an activating group) is 1. The number of fused-ring (bicyclic) bond motifs is 2. The van der Waals surface area contributed by atoms with Crippen LogP contribution in [0, 0.1) is 0 Å². The van der Waals surface area contributed by atoms with Gasteiger partial charge in [0.15, 0.2) is 0 Å². The molecule has 4 aliphatic rings. The minimum absolute atomic E-state index is 0.139. The molecule has 0 saturated carbocycles. The van der Waals surface area contributed by atoms with Gasteiger partial charge in [0.2, 0.25) is 5.91 Å². The molecule has 1 aromatic carbocycles. The first-order valence-electron chi connectivity index (χ1n) is 15.7. The van der Waals surface area contributed by atoms with Gasteiger partial charge in [0, 0.05) is 74.9 Å². The number of pyridine rings is 1. The lowest BCUT2D eigenvalue weighted by Gasteiger charge is -2.40. The molecule has 2 amide bonds. The van der Waals surface area contributed by atoms with Crippen molar-refractivity contribution in [3.05, 3.63) is 40.0 Å². The van der Waals surface area contributed by atoms with Crippen molar-refractivity contribution in [2.75, 3.05) is 66.0 Å². The van der Waals surface area contributed by atoms with Crippen LogP contribution in [-0.4, -0.2) is 108 Å². The number of halogens is 1. The summed E-state index contributed by atoms with van der Waals surface area (Å²) in [6, 6.07) is 6.54. The molecule has 0 atom stereocenters. The SMILES string of the molecule is CN1CCN(CCC(N)=O)CC1.O=C(c1ccc2c(Cl)c3c(nc2c1)CCCC3)N1CCC(N2CCCCC2)CC1. The van der Waals surface area contributed by atoms with E-state index in [2.05, 4.69) is 21.7 Å². The molecule has 3 aliphatic heterocycles. The number of hydrogen-bond acceptors (Lipinski definition) is 6. The monoisotopic (exact) mass is 582 g/mol. The molecule has 8 nitrogen and oxygen atoms in total. The van der Waals surface area contributed by atoms with Crippen LogP contribution in [0.2, 0.25) is 5.02 Å². The highest BCUT2D eigenvalue weighted by Gasteiger charge is 2.28. The Hall–Kier alpha value is -2.26. The fourth-order valence-electron chi connectivity index (χ4n) is 6.74. The summed E-state index contributed by atoms with van der Waals surface area (Å²) < 4.78 is 0. The Morgan fingerprint density at radius 3 is 2.34 bits per heavy atom. The third-order valence-corrected chi connectivity index (χ3v) is 9.80. The van der Waals surface area contributed by atoms with Crippen LogP contribution in [-0.2, 0) is 17.6 Å². The number of hydrogen-bond donors (Lipinski definition) is 1. The summed E-state index contributed by atoms with van der Waals surface area (Å²) in [5.74, 6) is -0.0615. The maximum absolute atomic E-state index is 13.2. The molecule has 4 heterocycles. The molecule has 2 aromatic rings. The van der Waals surface area contributed by atoms with Gasteiger partial charge in [-0.3, -0.25) is 14.6 Å². The number of likely N-dealkylation sites (tertiary alicyclic amines) is 2. The number of rotatable bonds is 5. The predicted molar refractivity (Wildman–Crippen MR) is 165 cm³/mol. The minimum Gasteiger partial charge on any atom is -0.370 e. The van der Waals surface area contributed by atoms with Crippen molar-refractivity contribution in [1.82, 2.24) is 24.6 Å². The quantitative estimate of drug-likeness (QED) is 0.574. The number of nitrogens with zero attached hydrogens (tertiary/aromatic N) is 5. The van der Waals surface area contributed by atoms with Gasteiger partial charge in [-0.05, 0) is 89.2 Å². The van der Waals surface area contributed by atoms with E-state index < -0.39 is 0 Å². The highest BCUT2D eigenvalue weighted by Crippen LogP contribution is 2.33. The van der Waals surface area contributed by atoms with E-state index in [1.165, 1.54) is 50.8 Å². The largest absolute Gasteiger partial charge is 0.370 e. The van der Waals surface area contributed by atoms with E-state index in [1.54, 1.807) is 0 Å². The molecule has 0 unspecified atom stereocenters. The van der Waals surface area contributed by atoms with E-state index in [1.807, 2.05) is 23.1 Å². The number of aromatic nitrogens is 1. The topological polar surface area (TPSA) is 86.0 Å². The highest BCUT2D eigenvalue weighted by atomic mass is 35.5. The smallest absolute Gasteiger partial charge is 0.253 e. The fraction of sp³-hybridized carbons (Fsp3) is 0.656. The first-order chi connectivity index (χ1) is 19.9. The zero-order chi connectivity index (χ0) is 28.8. The average molecular weight is 583 g/mol. The van der Waals surface area contributed by atoms with Gasteiger partial charge in [0.25, 0.3) is 5.91 Å². The van der Waals surface area contributed by atoms with Crippen LogP contribution in [0.5, 0.6) is 0 Å². The second-order valence-corrected chi connectivity index (χ2v) is 12.6. The molecule has 6 rings (SSSR count). The summed E-state index contributed by atoms with van der Waals surface area (Å²) in [5.41, 5.74) is 9.01. The Morgan fingerprint density at radius 2 is 1.63 bits per heavy atom. The predicted octanol–water partition coefficient (Wildman–Crippen LogP) is 3.97. The number of amides is 2. The van der Waals surface area contributed by atoms with Crippen LogP contribution in [0.4, 0.5) is 0 Å². The number of benzene rings is 1. The highest BCUT2D eigenvalue weighted by molar-refractivity contribution is 6.36. The molecule has 3 fully saturated rings. The third kappa shape index (κ3) is 7.78. The van der Waals surface area contributed by atoms with E-state index in [-0.39, 0.29) is 11.8 Å². The van der Waals surface area contributed by atoms with Crippen LogP contribution >= 0.6 is 11.6 Å². The molecule has 3 saturated heterocycles. The first-order valence-corrected chi connectivity index (χ1v) is 16.1. The van der Waals surface area contributed by atoms with Gasteiger partial charge in [-0.15, -0.1) is 0 Å². The second kappa shape index (κ2) is 14.3. The van der Waals surface area contributed by atoms with E-state index in [0.29, 0.717) is 12.5 Å². The van der Waals surface area contributed by atoms with Gasteiger partial charge in [0.1, 0.15) is 0 Å². The maximum Gasteiger partial charge on any atom is 0.253 e. The van der Waals surface area contributed by atoms with Gasteiger partial charge < -0.3 is 25.3 Å². The van der Waals surface area contributed by atoms with Crippen molar-refractivity contribution in [1.29, 1.82) is 0 Å². The summed E-state index contributed by atoms with van der Waals surface area (Å²) in [5, 5.41) is 1.82. The van der Waals surface area contributed by atoms with Crippen LogP contribution in [0.15, 0.2) is 18.2 Å². The van der Waals surface area contributed by atoms with Crippen molar-refractivity contribution in [3.63, 3.8) is 0 Å². The van der Waals surface area contributed by atoms with Crippen LogP contribution < -0.4 is 5.73 Å². The van der Waals surface area contributed by atoms with E-state index in [4.69, 9.17) is 22.3 Å². The Kier molecular flexibility index (Phi) is 10.5. The standard InChI is InChI=1S/C24H30ClN3O.C8H17N3O/c25-23-19-6-2-3-7-21(19)26-22-16-17(8-9-20(22)23)24(29)28-14-10-18(11-15-28)27-12-4-1-5-13-27;1-10-4-6-11(7-5-10)3-2-8(9)12/h8-9,16,18H,1-7,10-15H2;2-7H2,1H3,(H2,9,12). The third-order valence-electron chi connectivity index (χ3n) is 9.37. The number of nitrogens with two attached hydrogens (primary N) is 1. The molecule has 0 spiro atoms. The van der Waals surface area contributed by atoms with Gasteiger partial charge in [-0.1, -0.05) is 24.1 Å². The van der Waals surface area contributed by atoms with Crippen LogP contribution in [0.25, 0.3) is 10.9 Å². The average Bonchev–Trinajstić information content (AvgIpc) is 3.01. The molecule has 0 radical (unpaired) electrons. The molecule has 224 valence electrons. The summed E-state index contributed by atoms with van der Waals surface area (Å²) in [6.07, 6.45) is 11.1. The number of aryl methyl sites for hydroxylation is 1. The molecule has 9 heteroatoms. The molecule has 41 heavy (non-hydrogen) atoms. The van der Waals surface area contributed by atoms with E-state index >= 15 is 0 Å². The van der Waals surface area contributed by atoms with Gasteiger partial charge in [-0.25, -0.2) is 0 Å². The van der Waals surface area contributed by atoms with Gasteiger partial charge in [0.05, 0.1) is 10.5 Å². The molecule has 1 aliphatic carbocycles. The number of primary amides is 1. The van der Waals surface area contributed by atoms with Crippen molar-refractivity contribution in [2.45, 2.75) is 70.3 Å². The molecule has 2 N–H and O–H groups in total. The van der Waals surface area contributed by atoms with Crippen molar-refractivity contribution < 1.29 is 9.59 Å². The summed E-state index contributed by atoms with van der Waals surface area (Å²) in [4.78, 5) is 37.8. The zero-order valence-electron chi connectivity index (χ0n) is 24.8. The molecular weight excluding hydrogens is 536 g/mol. The lowest BCUT2D eigenvalue weighted by Crippen LogP contribution is -2.48. The zero-order valence-corrected chi connectivity index (χ0v) is 25.5. The van der Waals surface area contributed by atoms with Crippen molar-refractivity contribution in [2.24, 2.45) is 5.73 Å². The number of carbonyl (C=O) groups excluding carboxylic acids is 2. The Labute approximate surface area is 250 Å². The number of piperazine rings is 1. The van der Waals surface area contributed by atoms with Crippen LogP contribution in [0.3, 0.4) is 0 Å². The van der Waals surface area contributed by atoms with Gasteiger partial charge in [-0.2, -0.15) is 0 Å². The minimum atomic E-state index is -0.200. The second-order valence-electron chi connectivity index (χ2n) is 12.3. The lowest BCUT2D eigenvalue weighted by molar-refractivity contribution is -0.118. The fourth-order valence-corrected chi connectivity index (χ4v) is 7.10. The van der Waals surface area contributed by atoms with Gasteiger partial charge >= 0.3 is 0 Å². The molecule has 0 bridgehead atoms. The molecule has 1 aromatic heterocycles. The molecular formula is C32H47ClN6O2. The first kappa shape index (κ1) is 30.2. The van der Waals surface area contributed by atoms with Crippen LogP contribution in [0.1, 0.15) is 73.0 Å². The summed E-state index contributed by atoms with van der Waals surface area (Å²) >= 11 is 6.69. The van der Waals surface area contributed by atoms with Crippen molar-refractivity contribution in [3.8, 4) is 0 Å². The summed E-state index contributed by atoms with van der Waals surface area (Å²) in [6.45, 7) is 9.32. The normalized spacial score (nSPS) is 21.3. The van der Waals surface area contributed by atoms with E-state index in [0.717, 1.165) is 98.7 Å². The lowest BCUT2D eigenvalue weighted by atomic mass is 9.94. The number of carbonyl (C=O) groups is 2. The Bertz CT molecular complexity index is 1200. The number of piperidine rings is 2. The Balaban J connectivity index is 0.000000237. The maximum atomic E-state index is 13.2. The van der Waals surface area contributed by atoms with Crippen molar-refractivity contribution >= 4 is 34.3 Å².